The summed E-state index contributed by atoms with van der Waals surface area (Å²) in [5, 5.41) is 2.59. The Bertz CT molecular complexity index is 689. The van der Waals surface area contributed by atoms with Crippen molar-refractivity contribution in [2.75, 3.05) is 5.75 Å². The van der Waals surface area contributed by atoms with Crippen LogP contribution in [0.4, 0.5) is 0 Å². The molecule has 0 aromatic heterocycles. The van der Waals surface area contributed by atoms with Crippen LogP contribution in [-0.4, -0.2) is 27.8 Å². The maximum Gasteiger partial charge on any atom is 0.251 e. The van der Waals surface area contributed by atoms with Gasteiger partial charge in [0, 0.05) is 16.2 Å². The number of carbonyl (C=O) groups is 2. The first-order valence-electron chi connectivity index (χ1n) is 7.16. The summed E-state index contributed by atoms with van der Waals surface area (Å²) in [6.07, 6.45) is 0.218. The predicted molar refractivity (Wildman–Crippen MR) is 89.2 cm³/mol. The number of benzene rings is 2. The number of nitrogens with two attached hydrogens (primary N) is 1. The summed E-state index contributed by atoms with van der Waals surface area (Å²) in [7, 11) is -1.24. The van der Waals surface area contributed by atoms with Crippen molar-refractivity contribution in [1.29, 1.82) is 0 Å². The molecule has 2 atom stereocenters. The summed E-state index contributed by atoms with van der Waals surface area (Å²) in [4.78, 5) is 24.3. The molecule has 0 aliphatic heterocycles. The average molecular weight is 330 g/mol. The van der Waals surface area contributed by atoms with Gasteiger partial charge in [-0.2, -0.15) is 0 Å². The van der Waals surface area contributed by atoms with Gasteiger partial charge in [-0.1, -0.05) is 36.4 Å². The molecule has 5 nitrogen and oxygen atoms in total. The Hall–Kier alpha value is -2.47. The van der Waals surface area contributed by atoms with Gasteiger partial charge in [0.15, 0.2) is 0 Å². The molecule has 0 saturated heterocycles. The van der Waals surface area contributed by atoms with Crippen LogP contribution in [-0.2, 0) is 15.6 Å². The van der Waals surface area contributed by atoms with Gasteiger partial charge in [-0.05, 0) is 30.7 Å². The van der Waals surface area contributed by atoms with Crippen LogP contribution >= 0.6 is 0 Å². The Kier molecular flexibility index (Phi) is 6.05. The van der Waals surface area contributed by atoms with E-state index in [1.165, 1.54) is 0 Å². The van der Waals surface area contributed by atoms with Gasteiger partial charge in [0.1, 0.15) is 6.04 Å². The number of carbonyl (C=O) groups excluding carboxylic acids is 2. The van der Waals surface area contributed by atoms with Crippen molar-refractivity contribution >= 4 is 22.6 Å². The van der Waals surface area contributed by atoms with E-state index in [2.05, 4.69) is 5.32 Å². The van der Waals surface area contributed by atoms with E-state index in [4.69, 9.17) is 5.73 Å². The molecule has 0 fully saturated rings. The summed E-state index contributed by atoms with van der Waals surface area (Å²) in [5.41, 5.74) is 5.78. The second kappa shape index (κ2) is 8.24. The fraction of sp³-hybridized carbons (Fsp3) is 0.176. The highest BCUT2D eigenvalue weighted by Gasteiger charge is 2.20. The molecule has 2 rings (SSSR count). The molecule has 0 spiro atoms. The highest BCUT2D eigenvalue weighted by Crippen LogP contribution is 2.08. The largest absolute Gasteiger partial charge is 0.368 e. The number of rotatable bonds is 7. The molecule has 2 aromatic carbocycles. The van der Waals surface area contributed by atoms with Gasteiger partial charge in [-0.25, -0.2) is 0 Å². The Labute approximate surface area is 137 Å². The molecule has 2 aromatic rings. The highest BCUT2D eigenvalue weighted by atomic mass is 32.2. The average Bonchev–Trinajstić information content (AvgIpc) is 2.59. The summed E-state index contributed by atoms with van der Waals surface area (Å²) < 4.78 is 12.2. The summed E-state index contributed by atoms with van der Waals surface area (Å²) in [6, 6.07) is 16.7. The van der Waals surface area contributed by atoms with Crippen LogP contribution in [0.25, 0.3) is 0 Å². The molecule has 2 amide bonds. The van der Waals surface area contributed by atoms with E-state index in [9.17, 15) is 13.8 Å². The van der Waals surface area contributed by atoms with E-state index in [0.29, 0.717) is 10.5 Å². The zero-order valence-corrected chi connectivity index (χ0v) is 13.3. The fourth-order valence-electron chi connectivity index (χ4n) is 2.03. The second-order valence-electron chi connectivity index (χ2n) is 4.95. The Morgan fingerprint density at radius 2 is 1.57 bits per heavy atom. The lowest BCUT2D eigenvalue weighted by Gasteiger charge is -2.15. The maximum atomic E-state index is 12.2. The quantitative estimate of drug-likeness (QED) is 0.805. The molecule has 6 heteroatoms. The fourth-order valence-corrected chi connectivity index (χ4v) is 3.18. The van der Waals surface area contributed by atoms with E-state index in [0.717, 1.165) is 0 Å². The normalized spacial score (nSPS) is 13.0. The van der Waals surface area contributed by atoms with E-state index in [-0.39, 0.29) is 18.1 Å². The summed E-state index contributed by atoms with van der Waals surface area (Å²) in [6.45, 7) is 0. The highest BCUT2D eigenvalue weighted by molar-refractivity contribution is 7.85. The molecule has 0 heterocycles. The van der Waals surface area contributed by atoms with Crippen LogP contribution in [0.15, 0.2) is 65.6 Å². The molecule has 23 heavy (non-hydrogen) atoms. The van der Waals surface area contributed by atoms with E-state index in [1.807, 2.05) is 6.07 Å². The molecule has 0 saturated carbocycles. The van der Waals surface area contributed by atoms with Crippen molar-refractivity contribution < 1.29 is 13.8 Å². The molecular formula is C17H18N2O3S. The monoisotopic (exact) mass is 330 g/mol. The van der Waals surface area contributed by atoms with Gasteiger partial charge < -0.3 is 11.1 Å². The molecule has 3 N–H and O–H groups in total. The van der Waals surface area contributed by atoms with E-state index in [1.54, 1.807) is 54.6 Å². The third-order valence-corrected chi connectivity index (χ3v) is 4.69. The lowest BCUT2D eigenvalue weighted by molar-refractivity contribution is -0.119. The number of primary amides is 1. The SMILES string of the molecule is NC(=O)[C@@H](CC[S@@](=O)c1ccccc1)NC(=O)c1ccccc1. The third-order valence-electron chi connectivity index (χ3n) is 3.28. The minimum absolute atomic E-state index is 0.218. The summed E-state index contributed by atoms with van der Waals surface area (Å²) in [5.74, 6) is -0.772. The number of hydrogen-bond donors (Lipinski definition) is 2. The molecular weight excluding hydrogens is 312 g/mol. The van der Waals surface area contributed by atoms with Crippen molar-refractivity contribution in [3.63, 3.8) is 0 Å². The first kappa shape index (κ1) is 16.9. The summed E-state index contributed by atoms with van der Waals surface area (Å²) >= 11 is 0. The zero-order valence-electron chi connectivity index (χ0n) is 12.5. The van der Waals surface area contributed by atoms with Gasteiger partial charge in [-0.3, -0.25) is 13.8 Å². The number of hydrogen-bond acceptors (Lipinski definition) is 3. The Balaban J connectivity index is 1.96. The van der Waals surface area contributed by atoms with Gasteiger partial charge in [0.2, 0.25) is 5.91 Å². The smallest absolute Gasteiger partial charge is 0.251 e. The molecule has 0 bridgehead atoms. The van der Waals surface area contributed by atoms with Crippen molar-refractivity contribution in [3.05, 3.63) is 66.2 Å². The predicted octanol–water partition coefficient (Wildman–Crippen LogP) is 1.47. The van der Waals surface area contributed by atoms with E-state index < -0.39 is 22.7 Å². The van der Waals surface area contributed by atoms with Crippen LogP contribution in [0.1, 0.15) is 16.8 Å². The van der Waals surface area contributed by atoms with Gasteiger partial charge >= 0.3 is 0 Å². The van der Waals surface area contributed by atoms with Crippen molar-refractivity contribution in [2.45, 2.75) is 17.4 Å². The lowest BCUT2D eigenvalue weighted by atomic mass is 10.1. The first-order valence-corrected chi connectivity index (χ1v) is 8.48. The molecule has 0 unspecified atom stereocenters. The van der Waals surface area contributed by atoms with Crippen LogP contribution in [0.2, 0.25) is 0 Å². The van der Waals surface area contributed by atoms with Crippen LogP contribution < -0.4 is 11.1 Å². The Morgan fingerprint density at radius 3 is 2.13 bits per heavy atom. The number of amides is 2. The van der Waals surface area contributed by atoms with Crippen LogP contribution in [0.5, 0.6) is 0 Å². The minimum atomic E-state index is -1.24. The van der Waals surface area contributed by atoms with Gasteiger partial charge in [-0.15, -0.1) is 0 Å². The molecule has 120 valence electrons. The van der Waals surface area contributed by atoms with Gasteiger partial charge in [0.05, 0.1) is 10.8 Å². The van der Waals surface area contributed by atoms with E-state index >= 15 is 0 Å². The molecule has 0 aliphatic rings. The standard InChI is InChI=1S/C17H18N2O3S/c18-16(20)15(19-17(21)13-7-3-1-4-8-13)11-12-23(22)14-9-5-2-6-10-14/h1-10,15H,11-12H2,(H2,18,20)(H,19,21)/t15-,23-/m1/s1. The first-order chi connectivity index (χ1) is 11.1. The molecule has 0 radical (unpaired) electrons. The maximum absolute atomic E-state index is 12.2. The van der Waals surface area contributed by atoms with Crippen molar-refractivity contribution in [2.24, 2.45) is 5.73 Å². The van der Waals surface area contributed by atoms with Gasteiger partial charge in [0.25, 0.3) is 5.91 Å². The minimum Gasteiger partial charge on any atom is -0.368 e. The molecule has 0 aliphatic carbocycles. The Morgan fingerprint density at radius 1 is 1.00 bits per heavy atom. The topological polar surface area (TPSA) is 89.3 Å². The second-order valence-corrected chi connectivity index (χ2v) is 6.52. The van der Waals surface area contributed by atoms with Crippen molar-refractivity contribution in [3.8, 4) is 0 Å². The number of nitrogens with one attached hydrogen (secondary N) is 1. The van der Waals surface area contributed by atoms with Crippen molar-refractivity contribution in [1.82, 2.24) is 5.32 Å². The third kappa shape index (κ3) is 5.03. The zero-order chi connectivity index (χ0) is 16.7. The van der Waals surface area contributed by atoms with Crippen LogP contribution in [0, 0.1) is 0 Å². The lowest BCUT2D eigenvalue weighted by Crippen LogP contribution is -2.45. The van der Waals surface area contributed by atoms with Crippen LogP contribution in [0.3, 0.4) is 0 Å².